The molecule has 2 N–H and O–H groups in total. The quantitative estimate of drug-likeness (QED) is 0.375. The first kappa shape index (κ1) is 25.3. The zero-order valence-corrected chi connectivity index (χ0v) is 21.3. The molecule has 1 saturated carbocycles. The molecule has 2 aromatic heterocycles. The van der Waals surface area contributed by atoms with Gasteiger partial charge in [-0.1, -0.05) is 25.0 Å². The molecule has 3 heterocycles. The van der Waals surface area contributed by atoms with Crippen molar-refractivity contribution in [3.63, 3.8) is 0 Å². The van der Waals surface area contributed by atoms with Crippen LogP contribution in [0.15, 0.2) is 36.0 Å². The van der Waals surface area contributed by atoms with Crippen molar-refractivity contribution in [2.45, 2.75) is 64.0 Å². The number of alkyl halides is 2. The Balaban J connectivity index is 1.27. The number of rotatable bonds is 11. The van der Waals surface area contributed by atoms with Crippen LogP contribution in [-0.4, -0.2) is 45.2 Å². The van der Waals surface area contributed by atoms with Gasteiger partial charge in [0.05, 0.1) is 17.4 Å². The van der Waals surface area contributed by atoms with Crippen LogP contribution in [0.25, 0.3) is 0 Å². The Kier molecular flexibility index (Phi) is 7.23. The number of nitrogens with zero attached hydrogens (tertiary/aromatic N) is 3. The van der Waals surface area contributed by atoms with E-state index in [1.807, 2.05) is 6.07 Å². The Labute approximate surface area is 217 Å². The molecule has 1 aromatic carbocycles. The number of anilines is 1. The van der Waals surface area contributed by atoms with Gasteiger partial charge in [0.1, 0.15) is 22.0 Å². The molecule has 0 saturated heterocycles. The summed E-state index contributed by atoms with van der Waals surface area (Å²) in [5.74, 6) is -1.97. The summed E-state index contributed by atoms with van der Waals surface area (Å²) in [5, 5.41) is 10.7. The first-order chi connectivity index (χ1) is 17.7. The maximum Gasteiger partial charge on any atom is 0.278 e. The van der Waals surface area contributed by atoms with E-state index in [0.717, 1.165) is 18.9 Å². The van der Waals surface area contributed by atoms with Crippen LogP contribution in [0, 0.1) is 5.92 Å². The van der Waals surface area contributed by atoms with Gasteiger partial charge in [0, 0.05) is 25.9 Å². The van der Waals surface area contributed by atoms with E-state index < -0.39 is 12.5 Å². The summed E-state index contributed by atoms with van der Waals surface area (Å²) in [6.07, 6.45) is 6.70. The zero-order valence-electron chi connectivity index (χ0n) is 20.5. The second-order valence-electron chi connectivity index (χ2n) is 9.86. The average Bonchev–Trinajstić information content (AvgIpc) is 3.38. The second kappa shape index (κ2) is 10.6. The molecule has 5 rings (SSSR count). The number of carbonyl (C=O) groups is 2. The van der Waals surface area contributed by atoms with Gasteiger partial charge >= 0.3 is 0 Å². The Morgan fingerprint density at radius 1 is 1.32 bits per heavy atom. The van der Waals surface area contributed by atoms with Crippen LogP contribution in [0.1, 0.15) is 63.9 Å². The molecular weight excluding hydrogens is 500 g/mol. The number of fused-ring (bicyclic) bond motifs is 1. The lowest BCUT2D eigenvalue weighted by Gasteiger charge is -2.23. The van der Waals surface area contributed by atoms with Crippen molar-refractivity contribution in [3.05, 3.63) is 57.7 Å². The first-order valence-corrected chi connectivity index (χ1v) is 13.3. The van der Waals surface area contributed by atoms with E-state index in [-0.39, 0.29) is 17.9 Å². The molecule has 1 aliphatic heterocycles. The SMILES string of the molecule is CC(F)(F)COc1cccc(CC[C@H]2Cc3nn(CCC4CC4)c(NC(=O)c4cncs4)c3C(=O)N2)c1. The molecule has 8 nitrogen and oxygen atoms in total. The lowest BCUT2D eigenvalue weighted by molar-refractivity contribution is -0.0229. The number of aromatic nitrogens is 3. The van der Waals surface area contributed by atoms with Gasteiger partial charge in [0.2, 0.25) is 0 Å². The van der Waals surface area contributed by atoms with E-state index in [9.17, 15) is 18.4 Å². The van der Waals surface area contributed by atoms with Gasteiger partial charge in [-0.15, -0.1) is 11.3 Å². The first-order valence-electron chi connectivity index (χ1n) is 12.4. The maximum atomic E-state index is 13.2. The van der Waals surface area contributed by atoms with Crippen LogP contribution < -0.4 is 15.4 Å². The van der Waals surface area contributed by atoms with Crippen LogP contribution in [0.2, 0.25) is 0 Å². The molecule has 0 spiro atoms. The normalized spacial score (nSPS) is 17.3. The van der Waals surface area contributed by atoms with Crippen LogP contribution >= 0.6 is 11.3 Å². The molecule has 2 aliphatic rings. The van der Waals surface area contributed by atoms with Crippen molar-refractivity contribution in [2.24, 2.45) is 5.92 Å². The molecule has 0 radical (unpaired) electrons. The van der Waals surface area contributed by atoms with Gasteiger partial charge in [0.25, 0.3) is 17.7 Å². The molecule has 0 unspecified atom stereocenters. The third kappa shape index (κ3) is 6.51. The van der Waals surface area contributed by atoms with Crippen molar-refractivity contribution in [2.75, 3.05) is 11.9 Å². The highest BCUT2D eigenvalue weighted by atomic mass is 32.1. The van der Waals surface area contributed by atoms with Crippen molar-refractivity contribution in [1.82, 2.24) is 20.1 Å². The summed E-state index contributed by atoms with van der Waals surface area (Å²) in [5.41, 5.74) is 3.61. The number of halogens is 2. The fraction of sp³-hybridized carbons (Fsp3) is 0.462. The molecule has 37 heavy (non-hydrogen) atoms. The number of ether oxygens (including phenoxy) is 1. The van der Waals surface area contributed by atoms with Crippen LogP contribution in [-0.2, 0) is 19.4 Å². The molecule has 1 aliphatic carbocycles. The van der Waals surface area contributed by atoms with Crippen molar-refractivity contribution in [3.8, 4) is 5.75 Å². The molecular formula is C26H29F2N5O3S. The van der Waals surface area contributed by atoms with Gasteiger partial charge in [-0.05, 0) is 42.9 Å². The third-order valence-electron chi connectivity index (χ3n) is 6.53. The monoisotopic (exact) mass is 529 g/mol. The topological polar surface area (TPSA) is 98.1 Å². The minimum Gasteiger partial charge on any atom is -0.487 e. The number of carbonyl (C=O) groups excluding carboxylic acids is 2. The molecule has 196 valence electrons. The van der Waals surface area contributed by atoms with Gasteiger partial charge in [0.15, 0.2) is 6.61 Å². The number of hydrogen-bond acceptors (Lipinski definition) is 6. The molecule has 1 fully saturated rings. The Hall–Kier alpha value is -3.34. The van der Waals surface area contributed by atoms with Crippen molar-refractivity contribution >= 4 is 29.0 Å². The summed E-state index contributed by atoms with van der Waals surface area (Å²) in [4.78, 5) is 30.4. The maximum absolute atomic E-state index is 13.2. The third-order valence-corrected chi connectivity index (χ3v) is 7.31. The van der Waals surface area contributed by atoms with Crippen LogP contribution in [0.5, 0.6) is 5.75 Å². The Morgan fingerprint density at radius 2 is 2.16 bits per heavy atom. The van der Waals surface area contributed by atoms with Gasteiger partial charge in [-0.2, -0.15) is 5.10 Å². The van der Waals surface area contributed by atoms with E-state index in [4.69, 9.17) is 9.84 Å². The average molecular weight is 530 g/mol. The number of amides is 2. The molecule has 3 aromatic rings. The summed E-state index contributed by atoms with van der Waals surface area (Å²) >= 11 is 1.24. The second-order valence-corrected chi connectivity index (χ2v) is 10.8. The highest BCUT2D eigenvalue weighted by molar-refractivity contribution is 7.11. The molecule has 0 bridgehead atoms. The van der Waals surface area contributed by atoms with E-state index in [1.54, 1.807) is 28.4 Å². The lowest BCUT2D eigenvalue weighted by atomic mass is 9.96. The molecule has 11 heteroatoms. The Morgan fingerprint density at radius 3 is 2.89 bits per heavy atom. The smallest absolute Gasteiger partial charge is 0.278 e. The van der Waals surface area contributed by atoms with E-state index in [2.05, 4.69) is 15.6 Å². The van der Waals surface area contributed by atoms with Crippen molar-refractivity contribution < 1.29 is 23.1 Å². The summed E-state index contributed by atoms with van der Waals surface area (Å²) < 4.78 is 33.2. The highest BCUT2D eigenvalue weighted by Crippen LogP contribution is 2.34. The fourth-order valence-electron chi connectivity index (χ4n) is 4.45. The van der Waals surface area contributed by atoms with Crippen molar-refractivity contribution in [1.29, 1.82) is 0 Å². The largest absolute Gasteiger partial charge is 0.487 e. The van der Waals surface area contributed by atoms with Crippen LogP contribution in [0.3, 0.4) is 0 Å². The van der Waals surface area contributed by atoms with Gasteiger partial charge < -0.3 is 15.4 Å². The Bertz CT molecular complexity index is 1270. The van der Waals surface area contributed by atoms with Gasteiger partial charge in [-0.25, -0.2) is 13.5 Å². The van der Waals surface area contributed by atoms with E-state index in [0.29, 0.717) is 59.4 Å². The number of benzene rings is 1. The number of thiazole rings is 1. The summed E-state index contributed by atoms with van der Waals surface area (Å²) in [7, 11) is 0. The fourth-order valence-corrected chi connectivity index (χ4v) is 4.96. The number of aryl methyl sites for hydroxylation is 2. The minimum atomic E-state index is -2.90. The molecule has 1 atom stereocenters. The zero-order chi connectivity index (χ0) is 26.0. The highest BCUT2D eigenvalue weighted by Gasteiger charge is 2.33. The van der Waals surface area contributed by atoms with E-state index >= 15 is 0 Å². The number of nitrogens with one attached hydrogen (secondary N) is 2. The molecule has 2 amide bonds. The summed E-state index contributed by atoms with van der Waals surface area (Å²) in [6, 6.07) is 6.95. The summed E-state index contributed by atoms with van der Waals surface area (Å²) in [6.45, 7) is 0.779. The minimum absolute atomic E-state index is 0.138. The van der Waals surface area contributed by atoms with Gasteiger partial charge in [-0.3, -0.25) is 14.6 Å². The predicted molar refractivity (Wildman–Crippen MR) is 135 cm³/mol. The predicted octanol–water partition coefficient (Wildman–Crippen LogP) is 4.71. The number of hydrogen-bond donors (Lipinski definition) is 2. The standard InChI is InChI=1S/C26H29F2N5O3S/c1-26(27,28)14-36-19-4-2-3-17(11-19)7-8-18-12-20-22(25(35)30-18)23(31-24(34)21-13-29-15-37-21)33(32-20)10-9-16-5-6-16/h2-4,11,13,15-16,18H,5-10,12,14H2,1H3,(H,30,35)(H,31,34)/t18-/m0/s1. The van der Waals surface area contributed by atoms with Crippen LogP contribution in [0.4, 0.5) is 14.6 Å². The van der Waals surface area contributed by atoms with E-state index in [1.165, 1.54) is 30.4 Å². The lowest BCUT2D eigenvalue weighted by Crippen LogP contribution is -2.41.